The highest BCUT2D eigenvalue weighted by Gasteiger charge is 2.54. The van der Waals surface area contributed by atoms with Crippen LogP contribution < -0.4 is 10.6 Å². The minimum Gasteiger partial charge on any atom is -0.390 e. The molecule has 6 heteroatoms. The molecule has 1 aliphatic carbocycles. The number of carbonyl (C=O) groups excluding carboxylic acids is 2. The largest absolute Gasteiger partial charge is 0.390 e. The number of unbranched alkanes of at least 4 members (excludes halogenated alkanes) is 1. The van der Waals surface area contributed by atoms with E-state index in [0.29, 0.717) is 19.4 Å². The number of rotatable bonds is 5. The van der Waals surface area contributed by atoms with Crippen LogP contribution in [0.3, 0.4) is 0 Å². The van der Waals surface area contributed by atoms with Gasteiger partial charge in [-0.2, -0.15) is 0 Å². The van der Waals surface area contributed by atoms with Crippen LogP contribution in [-0.2, 0) is 9.59 Å². The van der Waals surface area contributed by atoms with Gasteiger partial charge in [-0.1, -0.05) is 26.2 Å². The second-order valence-corrected chi connectivity index (χ2v) is 7.61. The van der Waals surface area contributed by atoms with Gasteiger partial charge in [0.05, 0.1) is 6.10 Å². The molecule has 3 rings (SSSR count). The topological polar surface area (TPSA) is 81.7 Å². The molecule has 0 aromatic carbocycles. The predicted molar refractivity (Wildman–Crippen MR) is 91.4 cm³/mol. The fraction of sp³-hybridized carbons (Fsp3) is 0.889. The van der Waals surface area contributed by atoms with Gasteiger partial charge < -0.3 is 20.6 Å². The molecule has 6 nitrogen and oxygen atoms in total. The van der Waals surface area contributed by atoms with Crippen molar-refractivity contribution in [3.05, 3.63) is 0 Å². The Kier molecular flexibility index (Phi) is 5.45. The van der Waals surface area contributed by atoms with Gasteiger partial charge in [-0.05, 0) is 51.1 Å². The molecule has 2 amide bonds. The van der Waals surface area contributed by atoms with E-state index in [1.165, 1.54) is 0 Å². The van der Waals surface area contributed by atoms with Crippen LogP contribution in [0.5, 0.6) is 0 Å². The van der Waals surface area contributed by atoms with Crippen molar-refractivity contribution in [2.45, 2.75) is 76.0 Å². The molecule has 0 aromatic rings. The maximum atomic E-state index is 13.2. The molecule has 0 radical (unpaired) electrons. The van der Waals surface area contributed by atoms with Gasteiger partial charge in [-0.3, -0.25) is 9.59 Å². The van der Waals surface area contributed by atoms with Gasteiger partial charge in [-0.15, -0.1) is 0 Å². The Hall–Kier alpha value is -1.14. The molecule has 2 atom stereocenters. The van der Waals surface area contributed by atoms with Crippen molar-refractivity contribution in [3.8, 4) is 0 Å². The van der Waals surface area contributed by atoms with Crippen LogP contribution in [0.2, 0.25) is 0 Å². The SMILES string of the molecule is CCCCN1C(=O)[C@@H]([C@H](O)C2CCCC2)NC(=O)C12CCNCC2. The minimum absolute atomic E-state index is 0.0678. The fourth-order valence-electron chi connectivity index (χ4n) is 4.62. The number of hydrogen-bond acceptors (Lipinski definition) is 4. The van der Waals surface area contributed by atoms with Gasteiger partial charge in [0.15, 0.2) is 0 Å². The third-order valence-corrected chi connectivity index (χ3v) is 6.15. The molecule has 136 valence electrons. The highest BCUT2D eigenvalue weighted by molar-refractivity contribution is 6.00. The maximum absolute atomic E-state index is 13.2. The highest BCUT2D eigenvalue weighted by Crippen LogP contribution is 2.35. The number of carbonyl (C=O) groups is 2. The summed E-state index contributed by atoms with van der Waals surface area (Å²) in [4.78, 5) is 28.0. The Morgan fingerprint density at radius 2 is 1.92 bits per heavy atom. The molecule has 24 heavy (non-hydrogen) atoms. The van der Waals surface area contributed by atoms with Gasteiger partial charge in [0.25, 0.3) is 0 Å². The second kappa shape index (κ2) is 7.40. The molecule has 0 aromatic heterocycles. The summed E-state index contributed by atoms with van der Waals surface area (Å²) in [5, 5.41) is 16.9. The number of nitrogens with zero attached hydrogens (tertiary/aromatic N) is 1. The molecular weight excluding hydrogens is 306 g/mol. The van der Waals surface area contributed by atoms with Gasteiger partial charge >= 0.3 is 0 Å². The molecule has 0 bridgehead atoms. The third kappa shape index (κ3) is 3.06. The lowest BCUT2D eigenvalue weighted by molar-refractivity contribution is -0.164. The summed E-state index contributed by atoms with van der Waals surface area (Å²) in [5.74, 6) is -0.0135. The first-order chi connectivity index (χ1) is 11.6. The van der Waals surface area contributed by atoms with E-state index in [0.717, 1.165) is 51.6 Å². The Morgan fingerprint density at radius 3 is 2.54 bits per heavy atom. The van der Waals surface area contributed by atoms with E-state index in [9.17, 15) is 14.7 Å². The Bertz CT molecular complexity index is 470. The van der Waals surface area contributed by atoms with Crippen molar-refractivity contribution in [3.63, 3.8) is 0 Å². The summed E-state index contributed by atoms with van der Waals surface area (Å²) < 4.78 is 0. The Morgan fingerprint density at radius 1 is 1.25 bits per heavy atom. The quantitative estimate of drug-likeness (QED) is 0.693. The maximum Gasteiger partial charge on any atom is 0.248 e. The van der Waals surface area contributed by atoms with Crippen LogP contribution in [0.25, 0.3) is 0 Å². The Labute approximate surface area is 144 Å². The van der Waals surface area contributed by atoms with E-state index in [-0.39, 0.29) is 17.7 Å². The summed E-state index contributed by atoms with van der Waals surface area (Å²) >= 11 is 0. The molecule has 1 saturated carbocycles. The molecule has 2 saturated heterocycles. The highest BCUT2D eigenvalue weighted by atomic mass is 16.3. The molecule has 2 aliphatic heterocycles. The van der Waals surface area contributed by atoms with E-state index in [4.69, 9.17) is 0 Å². The van der Waals surface area contributed by atoms with Crippen LogP contribution >= 0.6 is 0 Å². The lowest BCUT2D eigenvalue weighted by Crippen LogP contribution is -2.74. The van der Waals surface area contributed by atoms with Crippen molar-refractivity contribution in [1.82, 2.24) is 15.5 Å². The normalized spacial score (nSPS) is 29.1. The van der Waals surface area contributed by atoms with E-state index in [1.54, 1.807) is 4.90 Å². The van der Waals surface area contributed by atoms with E-state index >= 15 is 0 Å². The van der Waals surface area contributed by atoms with E-state index in [1.807, 2.05) is 0 Å². The zero-order valence-corrected chi connectivity index (χ0v) is 14.7. The second-order valence-electron chi connectivity index (χ2n) is 7.61. The average Bonchev–Trinajstić information content (AvgIpc) is 3.13. The summed E-state index contributed by atoms with van der Waals surface area (Å²) in [6, 6.07) is -0.766. The Balaban J connectivity index is 1.82. The third-order valence-electron chi connectivity index (χ3n) is 6.15. The van der Waals surface area contributed by atoms with E-state index in [2.05, 4.69) is 17.6 Å². The number of aliphatic hydroxyl groups excluding tert-OH is 1. The molecular formula is C18H31N3O3. The standard InChI is InChI=1S/C18H31N3O3/c1-2-3-12-21-16(23)14(15(22)13-6-4-5-7-13)20-17(24)18(21)8-10-19-11-9-18/h13-15,19,22H,2-12H2,1H3,(H,20,24)/t14-,15-/m1/s1. The van der Waals surface area contributed by atoms with Crippen molar-refractivity contribution in [2.24, 2.45) is 5.92 Å². The lowest BCUT2D eigenvalue weighted by Gasteiger charge is -2.51. The lowest BCUT2D eigenvalue weighted by atomic mass is 9.80. The van der Waals surface area contributed by atoms with Gasteiger partial charge in [0.2, 0.25) is 11.8 Å². The van der Waals surface area contributed by atoms with Crippen molar-refractivity contribution >= 4 is 11.8 Å². The zero-order valence-electron chi connectivity index (χ0n) is 14.7. The number of piperidine rings is 1. The minimum atomic E-state index is -0.766. The molecule has 3 aliphatic rings. The van der Waals surface area contributed by atoms with Gasteiger partial charge in [-0.25, -0.2) is 0 Å². The number of amides is 2. The van der Waals surface area contributed by atoms with Crippen molar-refractivity contribution in [2.75, 3.05) is 19.6 Å². The number of aliphatic hydroxyl groups is 1. The van der Waals surface area contributed by atoms with E-state index < -0.39 is 17.7 Å². The van der Waals surface area contributed by atoms with Crippen LogP contribution in [0.15, 0.2) is 0 Å². The molecule has 2 heterocycles. The molecule has 1 spiro atoms. The summed E-state index contributed by atoms with van der Waals surface area (Å²) in [6.07, 6.45) is 6.52. The van der Waals surface area contributed by atoms with Crippen LogP contribution in [0.4, 0.5) is 0 Å². The smallest absolute Gasteiger partial charge is 0.248 e. The summed E-state index contributed by atoms with van der Waals surface area (Å²) in [6.45, 7) is 4.20. The first-order valence-electron chi connectivity index (χ1n) is 9.61. The number of piperazine rings is 1. The van der Waals surface area contributed by atoms with Crippen molar-refractivity contribution in [1.29, 1.82) is 0 Å². The van der Waals surface area contributed by atoms with Crippen LogP contribution in [-0.4, -0.2) is 59.1 Å². The molecule has 3 fully saturated rings. The van der Waals surface area contributed by atoms with Crippen LogP contribution in [0, 0.1) is 5.92 Å². The first kappa shape index (κ1) is 17.7. The van der Waals surface area contributed by atoms with Gasteiger partial charge in [0, 0.05) is 6.54 Å². The fourth-order valence-corrected chi connectivity index (χ4v) is 4.62. The number of hydrogen-bond donors (Lipinski definition) is 3. The summed E-state index contributed by atoms with van der Waals surface area (Å²) in [7, 11) is 0. The van der Waals surface area contributed by atoms with Gasteiger partial charge in [0.1, 0.15) is 11.6 Å². The predicted octanol–water partition coefficient (Wildman–Crippen LogP) is 0.787. The average molecular weight is 337 g/mol. The number of nitrogens with one attached hydrogen (secondary N) is 2. The summed E-state index contributed by atoms with van der Waals surface area (Å²) in [5.41, 5.74) is -0.719. The van der Waals surface area contributed by atoms with Crippen molar-refractivity contribution < 1.29 is 14.7 Å². The van der Waals surface area contributed by atoms with Crippen LogP contribution in [0.1, 0.15) is 58.3 Å². The monoisotopic (exact) mass is 337 g/mol. The first-order valence-corrected chi connectivity index (χ1v) is 9.61. The molecule has 0 unspecified atom stereocenters. The molecule has 3 N–H and O–H groups in total. The zero-order chi connectivity index (χ0) is 17.2.